The zero-order valence-electron chi connectivity index (χ0n) is 18.0. The summed E-state index contributed by atoms with van der Waals surface area (Å²) in [5.41, 5.74) is 0.537. The summed E-state index contributed by atoms with van der Waals surface area (Å²) in [6.07, 6.45) is -4.41. The van der Waals surface area contributed by atoms with Crippen LogP contribution in [0.1, 0.15) is 48.8 Å². The molecule has 0 saturated carbocycles. The lowest BCUT2D eigenvalue weighted by Gasteiger charge is -2.22. The maximum Gasteiger partial charge on any atom is 0.416 e. The van der Waals surface area contributed by atoms with Crippen molar-refractivity contribution in [2.24, 2.45) is 5.92 Å². The highest BCUT2D eigenvalue weighted by atomic mass is 32.2. The van der Waals surface area contributed by atoms with Gasteiger partial charge in [0.15, 0.2) is 5.12 Å². The van der Waals surface area contributed by atoms with Crippen molar-refractivity contribution in [2.45, 2.75) is 38.1 Å². The summed E-state index contributed by atoms with van der Waals surface area (Å²) in [7, 11) is 0. The molecular weight excluding hydrogens is 435 g/mol. The van der Waals surface area contributed by atoms with E-state index in [0.29, 0.717) is 22.9 Å². The molecule has 0 amide bonds. The first-order valence-electron chi connectivity index (χ1n) is 10.2. The molecule has 0 aliphatic heterocycles. The van der Waals surface area contributed by atoms with Crippen molar-refractivity contribution < 1.29 is 22.7 Å². The molecule has 2 aromatic carbocycles. The van der Waals surface area contributed by atoms with Crippen molar-refractivity contribution in [3.05, 3.63) is 89.6 Å². The smallest absolute Gasteiger partial charge is 0.416 e. The Kier molecular flexibility index (Phi) is 7.61. The third kappa shape index (κ3) is 6.13. The Bertz CT molecular complexity index is 1040. The first-order valence-corrected chi connectivity index (χ1v) is 11.1. The number of carbonyl (C=O) groups excluding carboxylic acids is 1. The lowest BCUT2D eigenvalue weighted by atomic mass is 9.89. The molecule has 3 nitrogen and oxygen atoms in total. The first-order chi connectivity index (χ1) is 15.1. The Morgan fingerprint density at radius 2 is 1.56 bits per heavy atom. The summed E-state index contributed by atoms with van der Waals surface area (Å²) >= 11 is 1.13. The van der Waals surface area contributed by atoms with Crippen molar-refractivity contribution in [3.63, 3.8) is 0 Å². The molecule has 0 saturated heterocycles. The van der Waals surface area contributed by atoms with E-state index in [2.05, 4.69) is 4.98 Å². The fraction of sp³-hybridized carbons (Fsp3) is 0.280. The van der Waals surface area contributed by atoms with Crippen molar-refractivity contribution in [1.82, 2.24) is 4.98 Å². The minimum atomic E-state index is -4.41. The highest BCUT2D eigenvalue weighted by Crippen LogP contribution is 2.38. The van der Waals surface area contributed by atoms with Crippen LogP contribution in [0, 0.1) is 5.92 Å². The number of thioether (sulfide) groups is 1. The number of halogens is 3. The van der Waals surface area contributed by atoms with E-state index in [0.717, 1.165) is 23.9 Å². The Balaban J connectivity index is 1.73. The lowest BCUT2D eigenvalue weighted by Crippen LogP contribution is -2.17. The largest absolute Gasteiger partial charge is 0.439 e. The normalized spacial score (nSPS) is 13.6. The third-order valence-corrected chi connectivity index (χ3v) is 6.02. The van der Waals surface area contributed by atoms with Gasteiger partial charge in [-0.15, -0.1) is 0 Å². The van der Waals surface area contributed by atoms with Gasteiger partial charge < -0.3 is 4.74 Å². The number of hydrogen-bond acceptors (Lipinski definition) is 4. The molecule has 0 radical (unpaired) electrons. The first kappa shape index (κ1) is 23.9. The summed E-state index contributed by atoms with van der Waals surface area (Å²) < 4.78 is 44.4. The number of aromatic nitrogens is 1. The molecule has 0 fully saturated rings. The molecule has 168 valence electrons. The predicted molar refractivity (Wildman–Crippen MR) is 121 cm³/mol. The maximum atomic E-state index is 13.1. The second-order valence-electron chi connectivity index (χ2n) is 7.74. The number of pyridine rings is 1. The molecule has 3 rings (SSSR count). The molecule has 0 aliphatic carbocycles. The number of nitrogens with zero attached hydrogens (tertiary/aromatic N) is 1. The standard InChI is InChI=1S/C25H24F3NO2S/c1-16(2)23(18-12-14-19(15-13-18)25(26,27)28)24(30)32-17(3)21-10-7-11-22(29-21)31-20-8-5-4-6-9-20/h4-17,23H,1-3H3. The molecule has 3 aromatic rings. The maximum absolute atomic E-state index is 13.1. The second-order valence-corrected chi connectivity index (χ2v) is 9.08. The van der Waals surface area contributed by atoms with Gasteiger partial charge in [-0.05, 0) is 48.7 Å². The van der Waals surface area contributed by atoms with Crippen LogP contribution in [0.3, 0.4) is 0 Å². The Labute approximate surface area is 190 Å². The zero-order valence-corrected chi connectivity index (χ0v) is 18.8. The Morgan fingerprint density at radius 1 is 0.906 bits per heavy atom. The van der Waals surface area contributed by atoms with Crippen molar-refractivity contribution in [3.8, 4) is 11.6 Å². The summed E-state index contributed by atoms with van der Waals surface area (Å²) in [5.74, 6) is 0.501. The Hall–Kier alpha value is -2.80. The topological polar surface area (TPSA) is 39.2 Å². The second kappa shape index (κ2) is 10.2. The molecule has 1 aromatic heterocycles. The van der Waals surface area contributed by atoms with Crippen molar-refractivity contribution in [2.75, 3.05) is 0 Å². The van der Waals surface area contributed by atoms with Gasteiger partial charge in [0.05, 0.1) is 22.4 Å². The minimum absolute atomic E-state index is 0.0698. The van der Waals surface area contributed by atoms with Gasteiger partial charge in [0.25, 0.3) is 0 Å². The lowest BCUT2D eigenvalue weighted by molar-refractivity contribution is -0.137. The average molecular weight is 460 g/mol. The van der Waals surface area contributed by atoms with E-state index in [4.69, 9.17) is 4.74 Å². The van der Waals surface area contributed by atoms with Crippen LogP contribution in [0.2, 0.25) is 0 Å². The van der Waals surface area contributed by atoms with Gasteiger partial charge in [0, 0.05) is 6.07 Å². The van der Waals surface area contributed by atoms with E-state index >= 15 is 0 Å². The molecule has 2 atom stereocenters. The molecule has 7 heteroatoms. The molecule has 1 heterocycles. The third-order valence-electron chi connectivity index (χ3n) is 4.94. The van der Waals surface area contributed by atoms with Gasteiger partial charge in [-0.2, -0.15) is 13.2 Å². The number of carbonyl (C=O) groups is 1. The van der Waals surface area contributed by atoms with Crippen molar-refractivity contribution in [1.29, 1.82) is 0 Å². The average Bonchev–Trinajstić information content (AvgIpc) is 2.74. The van der Waals surface area contributed by atoms with Gasteiger partial charge in [0.1, 0.15) is 5.75 Å². The zero-order chi connectivity index (χ0) is 23.3. The van der Waals surface area contributed by atoms with E-state index in [-0.39, 0.29) is 16.3 Å². The van der Waals surface area contributed by atoms with Gasteiger partial charge in [-0.1, -0.05) is 62.0 Å². The number of alkyl halides is 3. The van der Waals surface area contributed by atoms with Crippen LogP contribution in [-0.2, 0) is 11.0 Å². The van der Waals surface area contributed by atoms with Crippen LogP contribution < -0.4 is 4.74 Å². The fourth-order valence-corrected chi connectivity index (χ4v) is 4.46. The fourth-order valence-electron chi connectivity index (χ4n) is 3.30. The number of rotatable bonds is 7. The predicted octanol–water partition coefficient (Wildman–Crippen LogP) is 7.65. The van der Waals surface area contributed by atoms with E-state index in [1.54, 1.807) is 6.07 Å². The molecular formula is C25H24F3NO2S. The highest BCUT2D eigenvalue weighted by molar-refractivity contribution is 8.13. The molecule has 0 bridgehead atoms. The Morgan fingerprint density at radius 3 is 2.16 bits per heavy atom. The van der Waals surface area contributed by atoms with Gasteiger partial charge in [0.2, 0.25) is 5.88 Å². The van der Waals surface area contributed by atoms with Gasteiger partial charge in [-0.25, -0.2) is 4.98 Å². The van der Waals surface area contributed by atoms with Crippen LogP contribution in [-0.4, -0.2) is 10.1 Å². The number of ether oxygens (including phenoxy) is 1. The van der Waals surface area contributed by atoms with E-state index in [1.165, 1.54) is 12.1 Å². The highest BCUT2D eigenvalue weighted by Gasteiger charge is 2.32. The summed E-state index contributed by atoms with van der Waals surface area (Å²) in [5, 5.41) is -0.360. The van der Waals surface area contributed by atoms with E-state index in [9.17, 15) is 18.0 Å². The molecule has 0 spiro atoms. The monoisotopic (exact) mass is 459 g/mol. The number of para-hydroxylation sites is 1. The molecule has 32 heavy (non-hydrogen) atoms. The molecule has 0 aliphatic rings. The molecule has 0 N–H and O–H groups in total. The van der Waals surface area contributed by atoms with Crippen LogP contribution in [0.25, 0.3) is 0 Å². The van der Waals surface area contributed by atoms with E-state index < -0.39 is 17.7 Å². The van der Waals surface area contributed by atoms with Crippen LogP contribution in [0.4, 0.5) is 13.2 Å². The van der Waals surface area contributed by atoms with Crippen molar-refractivity contribution >= 4 is 16.9 Å². The summed E-state index contributed by atoms with van der Waals surface area (Å²) in [6.45, 7) is 5.65. The quantitative estimate of drug-likeness (QED) is 0.364. The van der Waals surface area contributed by atoms with Crippen LogP contribution in [0.5, 0.6) is 11.6 Å². The van der Waals surface area contributed by atoms with E-state index in [1.807, 2.05) is 63.2 Å². The number of benzene rings is 2. The van der Waals surface area contributed by atoms with Gasteiger partial charge >= 0.3 is 6.18 Å². The van der Waals surface area contributed by atoms with Gasteiger partial charge in [-0.3, -0.25) is 4.79 Å². The molecule has 2 unspecified atom stereocenters. The van der Waals surface area contributed by atoms with Crippen LogP contribution >= 0.6 is 11.8 Å². The van der Waals surface area contributed by atoms with Crippen LogP contribution in [0.15, 0.2) is 72.8 Å². The minimum Gasteiger partial charge on any atom is -0.439 e. The summed E-state index contributed by atoms with van der Waals surface area (Å²) in [4.78, 5) is 17.6. The number of hydrogen-bond donors (Lipinski definition) is 0. The summed E-state index contributed by atoms with van der Waals surface area (Å²) in [6, 6.07) is 19.5. The SMILES string of the molecule is CC(SC(=O)C(c1ccc(C(F)(F)F)cc1)C(C)C)c1cccc(Oc2ccccc2)n1.